The molecule has 0 aliphatic carbocycles. The van der Waals surface area contributed by atoms with Crippen molar-refractivity contribution in [3.05, 3.63) is 35.9 Å². The van der Waals surface area contributed by atoms with Gasteiger partial charge in [-0.2, -0.15) is 0 Å². The minimum atomic E-state index is 0.815. The molecule has 0 unspecified atom stereocenters. The Morgan fingerprint density at radius 3 is 2.63 bits per heavy atom. The third-order valence-corrected chi connectivity index (χ3v) is 4.82. The number of hydrogen-bond donors (Lipinski definition) is 0. The Bertz CT molecular complexity index is 384. The standard InChI is InChI=1S/C17H26N2/c1-15-7-5-6-11-19(15)17-13-18(14-17)12-10-16-8-3-2-4-9-16/h2-4,8-9,15,17H,5-7,10-14H2,1H3/t15-/m1/s1. The van der Waals surface area contributed by atoms with Gasteiger partial charge in [0.25, 0.3) is 0 Å². The average Bonchev–Trinajstić information content (AvgIpc) is 2.40. The van der Waals surface area contributed by atoms with E-state index in [0.29, 0.717) is 0 Å². The van der Waals surface area contributed by atoms with Crippen molar-refractivity contribution in [2.45, 2.75) is 44.7 Å². The number of benzene rings is 1. The maximum atomic E-state index is 2.75. The SMILES string of the molecule is C[C@@H]1CCCCN1C1CN(CCc2ccccc2)C1. The van der Waals surface area contributed by atoms with Crippen LogP contribution in [0.15, 0.2) is 30.3 Å². The first kappa shape index (κ1) is 13.1. The number of rotatable bonds is 4. The molecule has 2 fully saturated rings. The monoisotopic (exact) mass is 258 g/mol. The fraction of sp³-hybridized carbons (Fsp3) is 0.647. The molecule has 2 heterocycles. The Morgan fingerprint density at radius 1 is 1.11 bits per heavy atom. The summed E-state index contributed by atoms with van der Waals surface area (Å²) < 4.78 is 0. The minimum Gasteiger partial charge on any atom is -0.300 e. The van der Waals surface area contributed by atoms with E-state index in [1.54, 1.807) is 0 Å². The van der Waals surface area contributed by atoms with E-state index in [2.05, 4.69) is 47.1 Å². The molecular weight excluding hydrogens is 232 g/mol. The second kappa shape index (κ2) is 6.06. The van der Waals surface area contributed by atoms with Crippen LogP contribution in [0.1, 0.15) is 31.7 Å². The third-order valence-electron chi connectivity index (χ3n) is 4.82. The molecule has 19 heavy (non-hydrogen) atoms. The molecule has 0 amide bonds. The van der Waals surface area contributed by atoms with Crippen LogP contribution in [-0.4, -0.2) is 48.1 Å². The van der Waals surface area contributed by atoms with E-state index in [1.165, 1.54) is 57.4 Å². The summed E-state index contributed by atoms with van der Waals surface area (Å²) in [5, 5.41) is 0. The average molecular weight is 258 g/mol. The van der Waals surface area contributed by atoms with Gasteiger partial charge in [0.2, 0.25) is 0 Å². The van der Waals surface area contributed by atoms with Crippen LogP contribution in [0.4, 0.5) is 0 Å². The van der Waals surface area contributed by atoms with Crippen LogP contribution in [0, 0.1) is 0 Å². The van der Waals surface area contributed by atoms with Crippen LogP contribution in [0.3, 0.4) is 0 Å². The lowest BCUT2D eigenvalue weighted by Gasteiger charge is -2.49. The molecule has 2 nitrogen and oxygen atoms in total. The van der Waals surface area contributed by atoms with Crippen molar-refractivity contribution in [2.75, 3.05) is 26.2 Å². The smallest absolute Gasteiger partial charge is 0.0353 e. The molecule has 0 saturated carbocycles. The molecule has 1 aromatic rings. The number of likely N-dealkylation sites (tertiary alicyclic amines) is 2. The molecule has 0 spiro atoms. The van der Waals surface area contributed by atoms with Gasteiger partial charge in [-0.3, -0.25) is 9.80 Å². The first-order valence-electron chi connectivity index (χ1n) is 7.85. The van der Waals surface area contributed by atoms with Crippen LogP contribution < -0.4 is 0 Å². The fourth-order valence-corrected chi connectivity index (χ4v) is 3.53. The Balaban J connectivity index is 1.40. The molecule has 0 radical (unpaired) electrons. The van der Waals surface area contributed by atoms with Gasteiger partial charge in [-0.05, 0) is 38.3 Å². The maximum Gasteiger partial charge on any atom is 0.0353 e. The summed E-state index contributed by atoms with van der Waals surface area (Å²) in [6.07, 6.45) is 5.44. The molecule has 2 saturated heterocycles. The first-order chi connectivity index (χ1) is 9.33. The highest BCUT2D eigenvalue weighted by atomic mass is 15.3. The molecule has 2 aliphatic rings. The van der Waals surface area contributed by atoms with Crippen LogP contribution >= 0.6 is 0 Å². The summed E-state index contributed by atoms with van der Waals surface area (Å²) in [6.45, 7) is 7.54. The number of hydrogen-bond acceptors (Lipinski definition) is 2. The van der Waals surface area contributed by atoms with Crippen LogP contribution in [0.5, 0.6) is 0 Å². The van der Waals surface area contributed by atoms with E-state index in [0.717, 1.165) is 12.1 Å². The maximum absolute atomic E-state index is 2.75. The fourth-order valence-electron chi connectivity index (χ4n) is 3.53. The van der Waals surface area contributed by atoms with Gasteiger partial charge in [-0.15, -0.1) is 0 Å². The van der Waals surface area contributed by atoms with Gasteiger partial charge in [0.05, 0.1) is 0 Å². The summed E-state index contributed by atoms with van der Waals surface area (Å²) in [7, 11) is 0. The van der Waals surface area contributed by atoms with E-state index >= 15 is 0 Å². The van der Waals surface area contributed by atoms with Crippen molar-refractivity contribution >= 4 is 0 Å². The number of nitrogens with zero attached hydrogens (tertiary/aromatic N) is 2. The minimum absolute atomic E-state index is 0.815. The van der Waals surface area contributed by atoms with Crippen LogP contribution in [-0.2, 0) is 6.42 Å². The van der Waals surface area contributed by atoms with Crippen molar-refractivity contribution in [3.8, 4) is 0 Å². The topological polar surface area (TPSA) is 6.48 Å². The van der Waals surface area contributed by atoms with Gasteiger partial charge in [0.1, 0.15) is 0 Å². The zero-order valence-electron chi connectivity index (χ0n) is 12.1. The molecule has 3 rings (SSSR count). The molecular formula is C17H26N2. The van der Waals surface area contributed by atoms with E-state index in [-0.39, 0.29) is 0 Å². The summed E-state index contributed by atoms with van der Waals surface area (Å²) >= 11 is 0. The first-order valence-corrected chi connectivity index (χ1v) is 7.85. The summed E-state index contributed by atoms with van der Waals surface area (Å²) in [5.74, 6) is 0. The summed E-state index contributed by atoms with van der Waals surface area (Å²) in [6, 6.07) is 12.5. The zero-order valence-corrected chi connectivity index (χ0v) is 12.1. The predicted molar refractivity (Wildman–Crippen MR) is 80.4 cm³/mol. The summed E-state index contributed by atoms with van der Waals surface area (Å²) in [4.78, 5) is 5.36. The zero-order chi connectivity index (χ0) is 13.1. The lowest BCUT2D eigenvalue weighted by atomic mass is 9.97. The van der Waals surface area contributed by atoms with Gasteiger partial charge in [-0.1, -0.05) is 36.8 Å². The Morgan fingerprint density at radius 2 is 1.89 bits per heavy atom. The molecule has 2 heteroatoms. The Hall–Kier alpha value is -0.860. The highest BCUT2D eigenvalue weighted by Crippen LogP contribution is 2.24. The van der Waals surface area contributed by atoms with E-state index in [1.807, 2.05) is 0 Å². The van der Waals surface area contributed by atoms with Gasteiger partial charge >= 0.3 is 0 Å². The highest BCUT2D eigenvalue weighted by molar-refractivity contribution is 5.15. The third kappa shape index (κ3) is 3.18. The molecule has 0 bridgehead atoms. The highest BCUT2D eigenvalue weighted by Gasteiger charge is 2.34. The quantitative estimate of drug-likeness (QED) is 0.819. The largest absolute Gasteiger partial charge is 0.300 e. The Labute approximate surface area is 117 Å². The molecule has 104 valence electrons. The van der Waals surface area contributed by atoms with Crippen molar-refractivity contribution in [2.24, 2.45) is 0 Å². The normalized spacial score (nSPS) is 26.3. The van der Waals surface area contributed by atoms with Gasteiger partial charge in [-0.25, -0.2) is 0 Å². The second-order valence-electron chi connectivity index (χ2n) is 6.23. The van der Waals surface area contributed by atoms with Crippen LogP contribution in [0.25, 0.3) is 0 Å². The molecule has 0 N–H and O–H groups in total. The molecule has 2 aliphatic heterocycles. The van der Waals surface area contributed by atoms with Crippen molar-refractivity contribution in [1.29, 1.82) is 0 Å². The lowest BCUT2D eigenvalue weighted by molar-refractivity contribution is -0.00148. The van der Waals surface area contributed by atoms with Crippen molar-refractivity contribution < 1.29 is 0 Å². The van der Waals surface area contributed by atoms with Crippen LogP contribution in [0.2, 0.25) is 0 Å². The second-order valence-corrected chi connectivity index (χ2v) is 6.23. The van der Waals surface area contributed by atoms with Gasteiger partial charge < -0.3 is 0 Å². The van der Waals surface area contributed by atoms with E-state index in [9.17, 15) is 0 Å². The van der Waals surface area contributed by atoms with Gasteiger partial charge in [0, 0.05) is 31.7 Å². The van der Waals surface area contributed by atoms with E-state index in [4.69, 9.17) is 0 Å². The molecule has 0 aromatic heterocycles. The Kier molecular flexibility index (Phi) is 4.19. The van der Waals surface area contributed by atoms with Gasteiger partial charge in [0.15, 0.2) is 0 Å². The summed E-state index contributed by atoms with van der Waals surface area (Å²) in [5.41, 5.74) is 1.47. The van der Waals surface area contributed by atoms with Crippen molar-refractivity contribution in [3.63, 3.8) is 0 Å². The lowest BCUT2D eigenvalue weighted by Crippen LogP contribution is -2.62. The predicted octanol–water partition coefficient (Wildman–Crippen LogP) is 2.79. The van der Waals surface area contributed by atoms with Crippen molar-refractivity contribution in [1.82, 2.24) is 9.80 Å². The molecule has 1 aromatic carbocycles. The molecule has 1 atom stereocenters. The number of piperidine rings is 1. The van der Waals surface area contributed by atoms with E-state index < -0.39 is 0 Å².